The number of carbonyl (C=O) groups excluding carboxylic acids is 1. The van der Waals surface area contributed by atoms with Gasteiger partial charge < -0.3 is 15.7 Å². The number of aliphatic carboxylic acids is 1. The molecule has 0 radical (unpaired) electrons. The van der Waals surface area contributed by atoms with Gasteiger partial charge in [-0.2, -0.15) is 0 Å². The largest absolute Gasteiger partial charge is 0.481 e. The number of halogens is 1. The van der Waals surface area contributed by atoms with E-state index in [-0.39, 0.29) is 24.3 Å². The number of rotatable bonds is 2. The lowest BCUT2D eigenvalue weighted by molar-refractivity contribution is -0.146. The Hall–Kier alpha value is -2.11. The molecule has 0 bridgehead atoms. The third kappa shape index (κ3) is 1.93. The fourth-order valence-corrected chi connectivity index (χ4v) is 1.69. The number of nitrogens with zero attached hydrogens (tertiary/aromatic N) is 1. The monoisotopic (exact) mass is 238 g/mol. The number of hydrogen-bond donors (Lipinski definition) is 2. The lowest BCUT2D eigenvalue weighted by Crippen LogP contribution is -2.53. The molecule has 0 aromatic heterocycles. The standard InChI is InChI=1S/C11H11FN2O3/c12-8-3-1-2-7(9(8)13)10(15)14-4-6(5-14)11(16)17/h1-3,6H,4-5,13H2,(H,16,17). The van der Waals surface area contributed by atoms with Crippen LogP contribution in [0.4, 0.5) is 10.1 Å². The van der Waals surface area contributed by atoms with Crippen molar-refractivity contribution < 1.29 is 19.1 Å². The van der Waals surface area contributed by atoms with E-state index in [0.29, 0.717) is 0 Å². The van der Waals surface area contributed by atoms with Gasteiger partial charge in [0.2, 0.25) is 0 Å². The number of benzene rings is 1. The van der Waals surface area contributed by atoms with Crippen LogP contribution < -0.4 is 5.73 Å². The van der Waals surface area contributed by atoms with Gasteiger partial charge in [0.05, 0.1) is 17.2 Å². The summed E-state index contributed by atoms with van der Waals surface area (Å²) >= 11 is 0. The van der Waals surface area contributed by atoms with E-state index in [1.807, 2.05) is 0 Å². The molecule has 90 valence electrons. The maximum absolute atomic E-state index is 13.1. The minimum absolute atomic E-state index is 0.0776. The molecule has 0 saturated carbocycles. The van der Waals surface area contributed by atoms with Crippen molar-refractivity contribution in [2.75, 3.05) is 18.8 Å². The van der Waals surface area contributed by atoms with E-state index in [2.05, 4.69) is 0 Å². The Morgan fingerprint density at radius 2 is 2.06 bits per heavy atom. The van der Waals surface area contributed by atoms with Gasteiger partial charge >= 0.3 is 5.97 Å². The number of carboxylic acids is 1. The molecule has 1 aromatic carbocycles. The maximum atomic E-state index is 13.1. The molecule has 1 fully saturated rings. The first-order valence-corrected chi connectivity index (χ1v) is 5.06. The van der Waals surface area contributed by atoms with Crippen LogP contribution in [0.15, 0.2) is 18.2 Å². The number of likely N-dealkylation sites (tertiary alicyclic amines) is 1. The molecular weight excluding hydrogens is 227 g/mol. The Bertz CT molecular complexity index is 484. The molecule has 0 unspecified atom stereocenters. The Morgan fingerprint density at radius 3 is 2.65 bits per heavy atom. The lowest BCUT2D eigenvalue weighted by Gasteiger charge is -2.36. The summed E-state index contributed by atoms with van der Waals surface area (Å²) < 4.78 is 13.1. The molecule has 0 atom stereocenters. The number of nitrogens with two attached hydrogens (primary N) is 1. The molecule has 2 rings (SSSR count). The third-order valence-electron chi connectivity index (χ3n) is 2.80. The van der Waals surface area contributed by atoms with Crippen molar-refractivity contribution in [2.45, 2.75) is 0 Å². The van der Waals surface area contributed by atoms with Crippen molar-refractivity contribution in [1.29, 1.82) is 0 Å². The number of amides is 1. The number of carbonyl (C=O) groups is 2. The predicted molar refractivity (Wildman–Crippen MR) is 57.8 cm³/mol. The van der Waals surface area contributed by atoms with Gasteiger partial charge in [0.1, 0.15) is 5.82 Å². The van der Waals surface area contributed by atoms with Crippen molar-refractivity contribution in [3.63, 3.8) is 0 Å². The summed E-state index contributed by atoms with van der Waals surface area (Å²) in [6.07, 6.45) is 0. The molecule has 0 aliphatic carbocycles. The highest BCUT2D eigenvalue weighted by Crippen LogP contribution is 2.23. The van der Waals surface area contributed by atoms with Crippen molar-refractivity contribution >= 4 is 17.6 Å². The van der Waals surface area contributed by atoms with E-state index in [1.54, 1.807) is 0 Å². The SMILES string of the molecule is Nc1c(F)cccc1C(=O)N1CC(C(=O)O)C1. The molecule has 1 heterocycles. The fraction of sp³-hybridized carbons (Fsp3) is 0.273. The van der Waals surface area contributed by atoms with Gasteiger partial charge in [-0.05, 0) is 12.1 Å². The summed E-state index contributed by atoms with van der Waals surface area (Å²) in [5.41, 5.74) is 5.34. The smallest absolute Gasteiger partial charge is 0.310 e. The second-order valence-electron chi connectivity index (χ2n) is 3.95. The first-order chi connectivity index (χ1) is 8.00. The van der Waals surface area contributed by atoms with Crippen molar-refractivity contribution in [2.24, 2.45) is 5.92 Å². The molecule has 6 heteroatoms. The summed E-state index contributed by atoms with van der Waals surface area (Å²) in [7, 11) is 0. The van der Waals surface area contributed by atoms with Gasteiger partial charge in [-0.15, -0.1) is 0 Å². The first-order valence-electron chi connectivity index (χ1n) is 5.06. The van der Waals surface area contributed by atoms with Gasteiger partial charge in [0, 0.05) is 13.1 Å². The summed E-state index contributed by atoms with van der Waals surface area (Å²) in [5.74, 6) is -2.54. The van der Waals surface area contributed by atoms with Crippen molar-refractivity contribution in [1.82, 2.24) is 4.90 Å². The topological polar surface area (TPSA) is 83.6 Å². The summed E-state index contributed by atoms with van der Waals surface area (Å²) in [6, 6.07) is 3.99. The summed E-state index contributed by atoms with van der Waals surface area (Å²) in [5, 5.41) is 8.68. The Labute approximate surface area is 96.6 Å². The molecule has 1 aromatic rings. The highest BCUT2D eigenvalue weighted by molar-refractivity contribution is 6.00. The highest BCUT2D eigenvalue weighted by Gasteiger charge is 2.36. The van der Waals surface area contributed by atoms with E-state index in [0.717, 1.165) is 0 Å². The zero-order valence-corrected chi connectivity index (χ0v) is 8.89. The van der Waals surface area contributed by atoms with Crippen LogP contribution in [0, 0.1) is 11.7 Å². The van der Waals surface area contributed by atoms with E-state index in [9.17, 15) is 14.0 Å². The van der Waals surface area contributed by atoms with Crippen LogP contribution in [0.25, 0.3) is 0 Å². The Kier molecular flexibility index (Phi) is 2.71. The first kappa shape index (κ1) is 11.4. The zero-order chi connectivity index (χ0) is 12.6. The summed E-state index contributed by atoms with van der Waals surface area (Å²) in [6.45, 7) is 0.286. The maximum Gasteiger partial charge on any atom is 0.310 e. The number of nitrogen functional groups attached to an aromatic ring is 1. The quantitative estimate of drug-likeness (QED) is 0.737. The van der Waals surface area contributed by atoms with E-state index in [4.69, 9.17) is 10.8 Å². The Morgan fingerprint density at radius 1 is 1.41 bits per heavy atom. The van der Waals surface area contributed by atoms with Crippen LogP contribution in [0.3, 0.4) is 0 Å². The number of para-hydroxylation sites is 1. The van der Waals surface area contributed by atoms with Gasteiger partial charge in [-0.1, -0.05) is 6.07 Å². The van der Waals surface area contributed by atoms with Gasteiger partial charge in [-0.25, -0.2) is 4.39 Å². The normalized spacial score (nSPS) is 15.5. The number of carboxylic acid groups (broad SMARTS) is 1. The molecule has 5 nitrogen and oxygen atoms in total. The molecule has 17 heavy (non-hydrogen) atoms. The van der Waals surface area contributed by atoms with Crippen LogP contribution in [0.2, 0.25) is 0 Å². The van der Waals surface area contributed by atoms with E-state index < -0.39 is 23.6 Å². The minimum atomic E-state index is -0.929. The lowest BCUT2D eigenvalue weighted by atomic mass is 9.99. The predicted octanol–water partition coefficient (Wildman–Crippen LogP) is 0.565. The second-order valence-corrected chi connectivity index (χ2v) is 3.95. The van der Waals surface area contributed by atoms with Crippen molar-refractivity contribution in [3.05, 3.63) is 29.6 Å². The molecule has 0 spiro atoms. The van der Waals surface area contributed by atoms with Crippen LogP contribution in [0.1, 0.15) is 10.4 Å². The van der Waals surface area contributed by atoms with E-state index >= 15 is 0 Å². The molecule has 3 N–H and O–H groups in total. The number of hydrogen-bond acceptors (Lipinski definition) is 3. The van der Waals surface area contributed by atoms with E-state index in [1.165, 1.54) is 23.1 Å². The fourth-order valence-electron chi connectivity index (χ4n) is 1.69. The summed E-state index contributed by atoms with van der Waals surface area (Å²) in [4.78, 5) is 23.8. The minimum Gasteiger partial charge on any atom is -0.481 e. The van der Waals surface area contributed by atoms with Gasteiger partial charge in [0.15, 0.2) is 0 Å². The van der Waals surface area contributed by atoms with Gasteiger partial charge in [-0.3, -0.25) is 9.59 Å². The molecule has 1 aliphatic heterocycles. The molecule has 1 aliphatic rings. The third-order valence-corrected chi connectivity index (χ3v) is 2.80. The zero-order valence-electron chi connectivity index (χ0n) is 8.89. The molecule has 1 amide bonds. The van der Waals surface area contributed by atoms with Crippen LogP contribution in [-0.2, 0) is 4.79 Å². The Balaban J connectivity index is 2.12. The van der Waals surface area contributed by atoms with Crippen LogP contribution in [0.5, 0.6) is 0 Å². The average Bonchev–Trinajstić information content (AvgIpc) is 2.19. The average molecular weight is 238 g/mol. The molecular formula is C11H11FN2O3. The van der Waals surface area contributed by atoms with Gasteiger partial charge in [0.25, 0.3) is 5.91 Å². The van der Waals surface area contributed by atoms with Crippen molar-refractivity contribution in [3.8, 4) is 0 Å². The highest BCUT2D eigenvalue weighted by atomic mass is 19.1. The second kappa shape index (κ2) is 4.04. The number of anilines is 1. The molecule has 1 saturated heterocycles. The van der Waals surface area contributed by atoms with Crippen LogP contribution >= 0.6 is 0 Å². The van der Waals surface area contributed by atoms with Crippen LogP contribution in [-0.4, -0.2) is 35.0 Å².